The molecule has 0 heterocycles. The molecule has 0 aromatic carbocycles. The van der Waals surface area contributed by atoms with Crippen LogP contribution in [-0.4, -0.2) is 22.1 Å². The number of carbonyl (C=O) groups is 1. The number of aliphatic carboxylic acids is 1. The smallest absolute Gasteiger partial charge is 0.303 e. The van der Waals surface area contributed by atoms with Crippen molar-refractivity contribution >= 4 is 31.2 Å². The second-order valence-electron chi connectivity index (χ2n) is 2.10. The van der Waals surface area contributed by atoms with Gasteiger partial charge in [0.2, 0.25) is 0 Å². The largest absolute Gasteiger partial charge is 0.481 e. The highest BCUT2D eigenvalue weighted by molar-refractivity contribution is 7.81. The molecular weight excluding hydrogens is 168 g/mol. The van der Waals surface area contributed by atoms with Gasteiger partial charge >= 0.3 is 5.97 Å². The Kier molecular flexibility index (Phi) is 6.02. The number of carboxylic acid groups (broad SMARTS) is 1. The summed E-state index contributed by atoms with van der Waals surface area (Å²) in [6.07, 6.45) is 1.72. The lowest BCUT2D eigenvalue weighted by Crippen LogP contribution is -2.04. The molecule has 10 heavy (non-hydrogen) atoms. The minimum absolute atomic E-state index is 0.189. The fourth-order valence-electron chi connectivity index (χ4n) is 0.583. The average molecular weight is 180 g/mol. The van der Waals surface area contributed by atoms with E-state index in [1.807, 2.05) is 0 Å². The van der Waals surface area contributed by atoms with E-state index >= 15 is 0 Å². The van der Waals surface area contributed by atoms with Crippen LogP contribution in [0.5, 0.6) is 0 Å². The lowest BCUT2D eigenvalue weighted by molar-refractivity contribution is -0.137. The van der Waals surface area contributed by atoms with Gasteiger partial charge in [0.05, 0.1) is 0 Å². The van der Waals surface area contributed by atoms with E-state index in [9.17, 15) is 4.79 Å². The summed E-state index contributed by atoms with van der Waals surface area (Å²) in [7, 11) is 0. The van der Waals surface area contributed by atoms with Crippen LogP contribution >= 0.6 is 25.3 Å². The summed E-state index contributed by atoms with van der Waals surface area (Å²) in [5.74, 6) is 0.0200. The van der Waals surface area contributed by atoms with Crippen molar-refractivity contribution in [3.63, 3.8) is 0 Å². The topological polar surface area (TPSA) is 37.3 Å². The van der Waals surface area contributed by atoms with Crippen LogP contribution < -0.4 is 0 Å². The maximum absolute atomic E-state index is 10.1. The molecular formula is C6H12O2S2. The molecule has 0 radical (unpaired) electrons. The summed E-state index contributed by atoms with van der Waals surface area (Å²) in [6.45, 7) is 0. The molecule has 2 nitrogen and oxygen atoms in total. The zero-order chi connectivity index (χ0) is 7.98. The molecule has 0 saturated heterocycles. The van der Waals surface area contributed by atoms with Crippen LogP contribution in [0.4, 0.5) is 0 Å². The number of thiol groups is 2. The number of carboxylic acids is 1. The predicted octanol–water partition coefficient (Wildman–Crippen LogP) is 1.47. The van der Waals surface area contributed by atoms with Gasteiger partial charge in [-0.2, -0.15) is 25.3 Å². The molecule has 0 spiro atoms. The molecule has 1 atom stereocenters. The molecule has 0 aliphatic heterocycles. The van der Waals surface area contributed by atoms with Crippen LogP contribution in [-0.2, 0) is 4.79 Å². The highest BCUT2D eigenvalue weighted by atomic mass is 32.1. The lowest BCUT2D eigenvalue weighted by atomic mass is 10.2. The van der Waals surface area contributed by atoms with Crippen molar-refractivity contribution in [1.29, 1.82) is 0 Å². The van der Waals surface area contributed by atoms with Gasteiger partial charge in [-0.25, -0.2) is 0 Å². The minimum Gasteiger partial charge on any atom is -0.481 e. The van der Waals surface area contributed by atoms with Gasteiger partial charge in [-0.15, -0.1) is 0 Å². The summed E-state index contributed by atoms with van der Waals surface area (Å²) >= 11 is 8.18. The fourth-order valence-corrected chi connectivity index (χ4v) is 1.36. The Balaban J connectivity index is 3.21. The van der Waals surface area contributed by atoms with Gasteiger partial charge < -0.3 is 5.11 Å². The second kappa shape index (κ2) is 5.92. The third kappa shape index (κ3) is 6.29. The van der Waals surface area contributed by atoms with Crippen molar-refractivity contribution in [1.82, 2.24) is 0 Å². The Morgan fingerprint density at radius 1 is 1.50 bits per heavy atom. The number of hydrogen-bond donors (Lipinski definition) is 3. The quantitative estimate of drug-likeness (QED) is 0.560. The van der Waals surface area contributed by atoms with Crippen molar-refractivity contribution in [2.75, 3.05) is 5.75 Å². The molecule has 0 amide bonds. The molecule has 0 aliphatic rings. The van der Waals surface area contributed by atoms with Gasteiger partial charge in [0.25, 0.3) is 0 Å². The predicted molar refractivity (Wildman–Crippen MR) is 48.1 cm³/mol. The normalized spacial score (nSPS) is 13.0. The zero-order valence-electron chi connectivity index (χ0n) is 5.66. The Labute approximate surface area is 71.8 Å². The third-order valence-corrected chi connectivity index (χ3v) is 1.93. The molecule has 4 heteroatoms. The summed E-state index contributed by atoms with van der Waals surface area (Å²) in [5.41, 5.74) is 0. The van der Waals surface area contributed by atoms with Crippen molar-refractivity contribution in [2.24, 2.45) is 0 Å². The van der Waals surface area contributed by atoms with Gasteiger partial charge in [0.15, 0.2) is 0 Å². The first-order chi connectivity index (χ1) is 4.66. The summed E-state index contributed by atoms with van der Waals surface area (Å²) in [5, 5.41) is 8.47. The maximum Gasteiger partial charge on any atom is 0.303 e. The molecule has 1 N–H and O–H groups in total. The molecule has 0 aliphatic carbocycles. The van der Waals surface area contributed by atoms with Crippen molar-refractivity contribution < 1.29 is 9.90 Å². The first-order valence-electron chi connectivity index (χ1n) is 3.17. The molecule has 0 fully saturated rings. The van der Waals surface area contributed by atoms with Crippen LogP contribution in [0.2, 0.25) is 0 Å². The molecule has 0 aromatic rings. The van der Waals surface area contributed by atoms with Crippen LogP contribution in [0.15, 0.2) is 0 Å². The van der Waals surface area contributed by atoms with Gasteiger partial charge in [-0.05, 0) is 18.6 Å². The summed E-state index contributed by atoms with van der Waals surface area (Å²) in [4.78, 5) is 10.1. The standard InChI is InChI=1S/C6H12O2S2/c7-6(8)2-1-5(10)3-4-9/h5,9-10H,1-4H2,(H,7,8). The van der Waals surface area contributed by atoms with Crippen molar-refractivity contribution in [3.05, 3.63) is 0 Å². The van der Waals surface area contributed by atoms with Crippen molar-refractivity contribution in [2.45, 2.75) is 24.5 Å². The third-order valence-electron chi connectivity index (χ3n) is 1.15. The molecule has 0 aromatic heterocycles. The first kappa shape index (κ1) is 10.2. The Morgan fingerprint density at radius 3 is 2.50 bits per heavy atom. The van der Waals surface area contributed by atoms with Gasteiger partial charge in [-0.1, -0.05) is 0 Å². The molecule has 0 saturated carbocycles. The number of rotatable bonds is 5. The van der Waals surface area contributed by atoms with Crippen LogP contribution in [0.1, 0.15) is 19.3 Å². The monoisotopic (exact) mass is 180 g/mol. The number of hydrogen-bond acceptors (Lipinski definition) is 3. The Morgan fingerprint density at radius 2 is 2.10 bits per heavy atom. The zero-order valence-corrected chi connectivity index (χ0v) is 7.44. The van der Waals surface area contributed by atoms with Crippen molar-refractivity contribution in [3.8, 4) is 0 Å². The van der Waals surface area contributed by atoms with Crippen LogP contribution in [0.25, 0.3) is 0 Å². The summed E-state index contributed by atoms with van der Waals surface area (Å²) < 4.78 is 0. The summed E-state index contributed by atoms with van der Waals surface area (Å²) in [6, 6.07) is 0. The van der Waals surface area contributed by atoms with Gasteiger partial charge in [0, 0.05) is 11.7 Å². The van der Waals surface area contributed by atoms with E-state index in [1.165, 1.54) is 0 Å². The Hall–Kier alpha value is 0.170. The molecule has 0 rings (SSSR count). The van der Waals surface area contributed by atoms with Crippen LogP contribution in [0.3, 0.4) is 0 Å². The van der Waals surface area contributed by atoms with Crippen LogP contribution in [0, 0.1) is 0 Å². The SMILES string of the molecule is O=C(O)CCC(S)CCS. The van der Waals surface area contributed by atoms with E-state index in [2.05, 4.69) is 25.3 Å². The maximum atomic E-state index is 10.1. The molecule has 1 unspecified atom stereocenters. The van der Waals surface area contributed by atoms with Gasteiger partial charge in [-0.3, -0.25) is 4.79 Å². The highest BCUT2D eigenvalue weighted by Gasteiger charge is 2.04. The second-order valence-corrected chi connectivity index (χ2v) is 3.28. The van der Waals surface area contributed by atoms with E-state index in [4.69, 9.17) is 5.11 Å². The highest BCUT2D eigenvalue weighted by Crippen LogP contribution is 2.09. The fraction of sp³-hybridized carbons (Fsp3) is 0.833. The average Bonchev–Trinajstić information content (AvgIpc) is 1.85. The lowest BCUT2D eigenvalue weighted by Gasteiger charge is -2.04. The first-order valence-corrected chi connectivity index (χ1v) is 4.32. The minimum atomic E-state index is -0.752. The Bertz CT molecular complexity index is 106. The molecule has 0 bridgehead atoms. The van der Waals surface area contributed by atoms with Gasteiger partial charge in [0.1, 0.15) is 0 Å². The molecule has 60 valence electrons. The van der Waals surface area contributed by atoms with E-state index in [0.717, 1.165) is 12.2 Å². The van der Waals surface area contributed by atoms with E-state index < -0.39 is 5.97 Å². The van der Waals surface area contributed by atoms with E-state index in [1.54, 1.807) is 0 Å². The van der Waals surface area contributed by atoms with E-state index in [0.29, 0.717) is 6.42 Å². The van der Waals surface area contributed by atoms with E-state index in [-0.39, 0.29) is 11.7 Å².